The second-order valence-corrected chi connectivity index (χ2v) is 3.88. The molecule has 0 aliphatic heterocycles. The maximum atomic E-state index is 10.2. The lowest BCUT2D eigenvalue weighted by Crippen LogP contribution is -2.01. The standard InChI is InChI=1S/C4H5NO3S2/c6-10(7,8)2-4-1-9-3-5-4/h1,3H,2H2,(H,6,7,8). The Morgan fingerprint density at radius 3 is 2.80 bits per heavy atom. The zero-order valence-corrected chi connectivity index (χ0v) is 6.52. The predicted octanol–water partition coefficient (Wildman–Crippen LogP) is 0.531. The lowest BCUT2D eigenvalue weighted by atomic mass is 10.6. The normalized spacial score (nSPS) is 11.7. The Morgan fingerprint density at radius 2 is 2.40 bits per heavy atom. The van der Waals surface area contributed by atoms with Gasteiger partial charge in [0.05, 0.1) is 11.2 Å². The van der Waals surface area contributed by atoms with Crippen LogP contribution in [0.3, 0.4) is 0 Å². The van der Waals surface area contributed by atoms with Gasteiger partial charge in [-0.15, -0.1) is 11.3 Å². The fourth-order valence-corrected chi connectivity index (χ4v) is 1.69. The molecular formula is C4H5NO3S2. The predicted molar refractivity (Wildman–Crippen MR) is 37.4 cm³/mol. The van der Waals surface area contributed by atoms with Gasteiger partial charge in [-0.1, -0.05) is 0 Å². The molecule has 1 N–H and O–H groups in total. The molecule has 1 aromatic rings. The summed E-state index contributed by atoms with van der Waals surface area (Å²) in [6.45, 7) is 0. The van der Waals surface area contributed by atoms with Crippen molar-refractivity contribution in [3.05, 3.63) is 16.6 Å². The van der Waals surface area contributed by atoms with Crippen LogP contribution < -0.4 is 0 Å². The molecule has 0 fully saturated rings. The van der Waals surface area contributed by atoms with E-state index < -0.39 is 15.9 Å². The summed E-state index contributed by atoms with van der Waals surface area (Å²) in [5.74, 6) is -0.392. The fraction of sp³-hybridized carbons (Fsp3) is 0.250. The van der Waals surface area contributed by atoms with Crippen molar-refractivity contribution in [1.29, 1.82) is 0 Å². The summed E-state index contributed by atoms with van der Waals surface area (Å²) in [4.78, 5) is 3.68. The number of hydrogen-bond acceptors (Lipinski definition) is 4. The molecule has 0 atom stereocenters. The highest BCUT2D eigenvalue weighted by Gasteiger charge is 2.06. The van der Waals surface area contributed by atoms with Gasteiger partial charge in [0.15, 0.2) is 0 Å². The van der Waals surface area contributed by atoms with Gasteiger partial charge in [-0.3, -0.25) is 4.55 Å². The number of thiazole rings is 1. The maximum Gasteiger partial charge on any atom is 0.270 e. The van der Waals surface area contributed by atoms with E-state index in [1.807, 2.05) is 0 Å². The van der Waals surface area contributed by atoms with E-state index in [-0.39, 0.29) is 0 Å². The molecule has 0 saturated carbocycles. The van der Waals surface area contributed by atoms with E-state index in [9.17, 15) is 8.42 Å². The molecular weight excluding hydrogens is 174 g/mol. The van der Waals surface area contributed by atoms with E-state index in [1.54, 1.807) is 5.38 Å². The van der Waals surface area contributed by atoms with E-state index in [1.165, 1.54) is 16.8 Å². The minimum Gasteiger partial charge on any atom is -0.285 e. The average molecular weight is 179 g/mol. The van der Waals surface area contributed by atoms with Crippen molar-refractivity contribution in [2.24, 2.45) is 0 Å². The van der Waals surface area contributed by atoms with E-state index in [0.717, 1.165) is 0 Å². The van der Waals surface area contributed by atoms with Crippen molar-refractivity contribution in [2.75, 3.05) is 0 Å². The first-order valence-electron chi connectivity index (χ1n) is 2.40. The first kappa shape index (κ1) is 7.64. The van der Waals surface area contributed by atoms with Crippen LogP contribution in [-0.2, 0) is 15.9 Å². The number of hydrogen-bond donors (Lipinski definition) is 1. The third-order valence-corrected chi connectivity index (χ3v) is 2.11. The molecule has 0 spiro atoms. The fourth-order valence-electron chi connectivity index (χ4n) is 0.496. The highest BCUT2D eigenvalue weighted by Crippen LogP contribution is 2.04. The van der Waals surface area contributed by atoms with Crippen molar-refractivity contribution in [3.8, 4) is 0 Å². The minimum atomic E-state index is -3.90. The molecule has 1 heterocycles. The van der Waals surface area contributed by atoms with Gasteiger partial charge in [0.2, 0.25) is 0 Å². The van der Waals surface area contributed by atoms with Crippen LogP contribution in [0.2, 0.25) is 0 Å². The Kier molecular flexibility index (Phi) is 2.02. The number of rotatable bonds is 2. The first-order chi connectivity index (χ1) is 4.58. The summed E-state index contributed by atoms with van der Waals surface area (Å²) < 4.78 is 28.8. The van der Waals surface area contributed by atoms with Gasteiger partial charge in [0.25, 0.3) is 10.1 Å². The molecule has 0 aliphatic carbocycles. The van der Waals surface area contributed by atoms with E-state index in [4.69, 9.17) is 4.55 Å². The van der Waals surface area contributed by atoms with Gasteiger partial charge in [-0.05, 0) is 0 Å². The smallest absolute Gasteiger partial charge is 0.270 e. The van der Waals surface area contributed by atoms with Crippen LogP contribution in [0.15, 0.2) is 10.9 Å². The molecule has 0 saturated heterocycles. The van der Waals surface area contributed by atoms with Crippen molar-refractivity contribution < 1.29 is 13.0 Å². The van der Waals surface area contributed by atoms with Crippen LogP contribution in [0.4, 0.5) is 0 Å². The van der Waals surface area contributed by atoms with Crippen molar-refractivity contribution in [3.63, 3.8) is 0 Å². The summed E-state index contributed by atoms with van der Waals surface area (Å²) in [5.41, 5.74) is 1.90. The molecule has 0 unspecified atom stereocenters. The summed E-state index contributed by atoms with van der Waals surface area (Å²) >= 11 is 1.29. The van der Waals surface area contributed by atoms with Gasteiger partial charge in [-0.2, -0.15) is 8.42 Å². The Morgan fingerprint density at radius 1 is 1.70 bits per heavy atom. The van der Waals surface area contributed by atoms with Gasteiger partial charge in [-0.25, -0.2) is 4.98 Å². The van der Waals surface area contributed by atoms with Gasteiger partial charge < -0.3 is 0 Å². The topological polar surface area (TPSA) is 67.3 Å². The Bertz CT molecular complexity index is 288. The van der Waals surface area contributed by atoms with Gasteiger partial charge >= 0.3 is 0 Å². The second-order valence-electron chi connectivity index (χ2n) is 1.71. The molecule has 6 heteroatoms. The molecule has 1 rings (SSSR count). The molecule has 0 aliphatic rings. The van der Waals surface area contributed by atoms with Gasteiger partial charge in [0, 0.05) is 5.38 Å². The minimum absolute atomic E-state index is 0.382. The first-order valence-corrected chi connectivity index (χ1v) is 4.95. The monoisotopic (exact) mass is 179 g/mol. The molecule has 10 heavy (non-hydrogen) atoms. The van der Waals surface area contributed by atoms with E-state index >= 15 is 0 Å². The van der Waals surface area contributed by atoms with Crippen molar-refractivity contribution >= 4 is 21.5 Å². The molecule has 0 bridgehead atoms. The third kappa shape index (κ3) is 2.42. The molecule has 4 nitrogen and oxygen atoms in total. The Balaban J connectivity index is 2.75. The molecule has 1 aromatic heterocycles. The maximum absolute atomic E-state index is 10.2. The quantitative estimate of drug-likeness (QED) is 0.672. The van der Waals surface area contributed by atoms with E-state index in [0.29, 0.717) is 5.69 Å². The molecule has 0 amide bonds. The third-order valence-electron chi connectivity index (χ3n) is 0.814. The van der Waals surface area contributed by atoms with Crippen molar-refractivity contribution in [2.45, 2.75) is 5.75 Å². The zero-order chi connectivity index (χ0) is 7.61. The van der Waals surface area contributed by atoms with Crippen molar-refractivity contribution in [1.82, 2.24) is 4.98 Å². The van der Waals surface area contributed by atoms with Crippen LogP contribution in [0.1, 0.15) is 5.69 Å². The highest BCUT2D eigenvalue weighted by molar-refractivity contribution is 7.85. The summed E-state index contributed by atoms with van der Waals surface area (Å²) in [6, 6.07) is 0. The number of aromatic nitrogens is 1. The lowest BCUT2D eigenvalue weighted by Gasteiger charge is -1.88. The average Bonchev–Trinajstić information content (AvgIpc) is 2.12. The lowest BCUT2D eigenvalue weighted by molar-refractivity contribution is 0.481. The molecule has 0 radical (unpaired) electrons. The second kappa shape index (κ2) is 2.65. The van der Waals surface area contributed by atoms with E-state index in [2.05, 4.69) is 4.98 Å². The summed E-state index contributed by atoms with van der Waals surface area (Å²) in [6.07, 6.45) is 0. The van der Waals surface area contributed by atoms with Crippen LogP contribution in [0, 0.1) is 0 Å². The Labute approximate surface area is 62.3 Å². The van der Waals surface area contributed by atoms with Crippen LogP contribution in [-0.4, -0.2) is 18.0 Å². The SMILES string of the molecule is O=S(=O)(O)Cc1cscn1. The van der Waals surface area contributed by atoms with Gasteiger partial charge in [0.1, 0.15) is 5.75 Å². The zero-order valence-electron chi connectivity index (χ0n) is 4.89. The van der Waals surface area contributed by atoms with Crippen LogP contribution in [0.5, 0.6) is 0 Å². The van der Waals surface area contributed by atoms with Crippen LogP contribution >= 0.6 is 11.3 Å². The Hall–Kier alpha value is -0.460. The summed E-state index contributed by atoms with van der Waals surface area (Å²) in [5, 5.41) is 1.58. The number of nitrogens with zero attached hydrogens (tertiary/aromatic N) is 1. The molecule has 56 valence electrons. The highest BCUT2D eigenvalue weighted by atomic mass is 32.2. The summed E-state index contributed by atoms with van der Waals surface area (Å²) in [7, 11) is -3.90. The largest absolute Gasteiger partial charge is 0.285 e. The molecule has 0 aromatic carbocycles. The van der Waals surface area contributed by atoms with Crippen LogP contribution in [0.25, 0.3) is 0 Å².